The molecule has 3 aromatic heterocycles. The van der Waals surface area contributed by atoms with Crippen molar-refractivity contribution < 1.29 is 4.79 Å². The van der Waals surface area contributed by atoms with Crippen LogP contribution in [0.1, 0.15) is 16.2 Å². The van der Waals surface area contributed by atoms with Crippen LogP contribution in [0, 0.1) is 0 Å². The van der Waals surface area contributed by atoms with Crippen molar-refractivity contribution in [1.29, 1.82) is 0 Å². The Labute approximate surface area is 155 Å². The molecule has 4 heterocycles. The molecular formula is C18H18N6OS. The van der Waals surface area contributed by atoms with Gasteiger partial charge < -0.3 is 4.90 Å². The maximum Gasteiger partial charge on any atom is 0.273 e. The quantitative estimate of drug-likeness (QED) is 0.703. The van der Waals surface area contributed by atoms with Gasteiger partial charge in [0.15, 0.2) is 0 Å². The molecule has 0 saturated carbocycles. The molecule has 1 saturated heterocycles. The highest BCUT2D eigenvalue weighted by atomic mass is 32.1. The second-order valence-electron chi connectivity index (χ2n) is 6.02. The van der Waals surface area contributed by atoms with E-state index in [0.29, 0.717) is 24.5 Å². The molecule has 3 aromatic rings. The second-order valence-corrected chi connectivity index (χ2v) is 6.88. The van der Waals surface area contributed by atoms with E-state index >= 15 is 0 Å². The van der Waals surface area contributed by atoms with Crippen molar-refractivity contribution in [1.82, 2.24) is 29.7 Å². The minimum Gasteiger partial charge on any atom is -0.335 e. The molecule has 0 radical (unpaired) electrons. The molecule has 0 unspecified atom stereocenters. The Morgan fingerprint density at radius 3 is 2.69 bits per heavy atom. The summed E-state index contributed by atoms with van der Waals surface area (Å²) in [5.41, 5.74) is 2.23. The third-order valence-corrected chi connectivity index (χ3v) is 5.14. The molecule has 0 aromatic carbocycles. The van der Waals surface area contributed by atoms with Crippen LogP contribution < -0.4 is 0 Å². The van der Waals surface area contributed by atoms with Crippen LogP contribution in [0.4, 0.5) is 0 Å². The van der Waals surface area contributed by atoms with Crippen molar-refractivity contribution in [2.24, 2.45) is 0 Å². The highest BCUT2D eigenvalue weighted by molar-refractivity contribution is 7.13. The number of hydrogen-bond donors (Lipinski definition) is 0. The van der Waals surface area contributed by atoms with Crippen LogP contribution in [0.2, 0.25) is 0 Å². The predicted molar refractivity (Wildman–Crippen MR) is 98.6 cm³/mol. The van der Waals surface area contributed by atoms with Gasteiger partial charge in [0.05, 0.1) is 11.9 Å². The lowest BCUT2D eigenvalue weighted by molar-refractivity contribution is 0.0622. The summed E-state index contributed by atoms with van der Waals surface area (Å²) in [6.07, 6.45) is 6.71. The highest BCUT2D eigenvalue weighted by Gasteiger charge is 2.24. The van der Waals surface area contributed by atoms with Gasteiger partial charge in [-0.15, -0.1) is 11.3 Å². The molecule has 1 aliphatic rings. The number of pyridine rings is 1. The van der Waals surface area contributed by atoms with Gasteiger partial charge in [-0.2, -0.15) is 0 Å². The number of carbonyl (C=O) groups is 1. The van der Waals surface area contributed by atoms with Crippen LogP contribution in [-0.4, -0.2) is 61.8 Å². The third kappa shape index (κ3) is 3.76. The fraction of sp³-hybridized carbons (Fsp3) is 0.278. The number of hydrogen-bond acceptors (Lipinski definition) is 7. The monoisotopic (exact) mass is 366 g/mol. The van der Waals surface area contributed by atoms with Crippen molar-refractivity contribution in [3.63, 3.8) is 0 Å². The van der Waals surface area contributed by atoms with Crippen molar-refractivity contribution in [2.75, 3.05) is 26.2 Å². The maximum atomic E-state index is 12.7. The summed E-state index contributed by atoms with van der Waals surface area (Å²) in [6, 6.07) is 5.95. The number of amides is 1. The minimum atomic E-state index is -0.0196. The van der Waals surface area contributed by atoms with Gasteiger partial charge in [-0.05, 0) is 12.1 Å². The second kappa shape index (κ2) is 7.67. The van der Waals surface area contributed by atoms with Crippen molar-refractivity contribution in [2.45, 2.75) is 6.54 Å². The van der Waals surface area contributed by atoms with Gasteiger partial charge in [0.2, 0.25) is 0 Å². The lowest BCUT2D eigenvalue weighted by Gasteiger charge is -2.34. The highest BCUT2D eigenvalue weighted by Crippen LogP contribution is 2.22. The van der Waals surface area contributed by atoms with Crippen LogP contribution in [0.5, 0.6) is 0 Å². The average Bonchev–Trinajstić information content (AvgIpc) is 3.20. The topological polar surface area (TPSA) is 75.1 Å². The van der Waals surface area contributed by atoms with Gasteiger partial charge in [0.25, 0.3) is 5.91 Å². The van der Waals surface area contributed by atoms with Gasteiger partial charge in [-0.1, -0.05) is 6.07 Å². The normalized spacial score (nSPS) is 15.2. The number of carbonyl (C=O) groups excluding carboxylic acids is 1. The first-order valence-electron chi connectivity index (χ1n) is 8.43. The summed E-state index contributed by atoms with van der Waals surface area (Å²) in [5, 5.41) is 2.52. The molecule has 132 valence electrons. The van der Waals surface area contributed by atoms with E-state index in [4.69, 9.17) is 0 Å². The zero-order valence-electron chi connectivity index (χ0n) is 14.2. The molecule has 1 aliphatic heterocycles. The molecular weight excluding hydrogens is 348 g/mol. The van der Waals surface area contributed by atoms with Crippen molar-refractivity contribution >= 4 is 17.2 Å². The number of rotatable bonds is 4. The standard InChI is InChI=1S/C18H18N6OS/c25-18(16-13-26-17(22-16)15-11-19-5-6-21-15)24-9-7-23(8-10-24)12-14-3-1-2-4-20-14/h1-6,11,13H,7-10,12H2. The van der Waals surface area contributed by atoms with Crippen molar-refractivity contribution in [3.05, 3.63) is 59.8 Å². The first-order chi connectivity index (χ1) is 12.8. The van der Waals surface area contributed by atoms with E-state index in [1.165, 1.54) is 11.3 Å². The molecule has 0 aliphatic carbocycles. The molecule has 1 amide bonds. The van der Waals surface area contributed by atoms with Crippen LogP contribution in [0.3, 0.4) is 0 Å². The summed E-state index contributed by atoms with van der Waals surface area (Å²) in [7, 11) is 0. The zero-order chi connectivity index (χ0) is 17.8. The fourth-order valence-electron chi connectivity index (χ4n) is 2.89. The van der Waals surface area contributed by atoms with E-state index in [0.717, 1.165) is 30.3 Å². The Balaban J connectivity index is 1.36. The molecule has 26 heavy (non-hydrogen) atoms. The number of aromatic nitrogens is 4. The Kier molecular flexibility index (Phi) is 4.94. The van der Waals surface area contributed by atoms with Crippen LogP contribution in [-0.2, 0) is 6.54 Å². The maximum absolute atomic E-state index is 12.7. The van der Waals surface area contributed by atoms with E-state index < -0.39 is 0 Å². The lowest BCUT2D eigenvalue weighted by atomic mass is 10.2. The summed E-state index contributed by atoms with van der Waals surface area (Å²) in [6.45, 7) is 3.89. The Morgan fingerprint density at radius 1 is 1.08 bits per heavy atom. The molecule has 0 N–H and O–H groups in total. The Morgan fingerprint density at radius 2 is 1.96 bits per heavy atom. The summed E-state index contributed by atoms with van der Waals surface area (Å²) in [4.78, 5) is 34.0. The Bertz CT molecular complexity index is 862. The van der Waals surface area contributed by atoms with Crippen LogP contribution in [0.15, 0.2) is 48.4 Å². The SMILES string of the molecule is O=C(c1csc(-c2cnccn2)n1)N1CCN(Cc2ccccn2)CC1. The van der Waals surface area contributed by atoms with E-state index in [-0.39, 0.29) is 5.91 Å². The van der Waals surface area contributed by atoms with Crippen LogP contribution in [0.25, 0.3) is 10.7 Å². The van der Waals surface area contributed by atoms with E-state index in [2.05, 4.69) is 24.8 Å². The van der Waals surface area contributed by atoms with Gasteiger partial charge >= 0.3 is 0 Å². The fourth-order valence-corrected chi connectivity index (χ4v) is 3.64. The zero-order valence-corrected chi connectivity index (χ0v) is 15.0. The molecule has 0 spiro atoms. The molecule has 8 heteroatoms. The van der Waals surface area contributed by atoms with Gasteiger partial charge in [-0.25, -0.2) is 4.98 Å². The van der Waals surface area contributed by atoms with Gasteiger partial charge in [0.1, 0.15) is 16.4 Å². The van der Waals surface area contributed by atoms with E-state index in [1.807, 2.05) is 29.3 Å². The third-order valence-electron chi connectivity index (χ3n) is 4.28. The van der Waals surface area contributed by atoms with Gasteiger partial charge in [0, 0.05) is 56.7 Å². The first kappa shape index (κ1) is 16.7. The smallest absolute Gasteiger partial charge is 0.273 e. The molecule has 0 bridgehead atoms. The molecule has 1 fully saturated rings. The molecule has 4 rings (SSSR count). The van der Waals surface area contributed by atoms with E-state index in [1.54, 1.807) is 24.0 Å². The Hall–Kier alpha value is -2.71. The van der Waals surface area contributed by atoms with Crippen LogP contribution >= 0.6 is 11.3 Å². The minimum absolute atomic E-state index is 0.0196. The summed E-state index contributed by atoms with van der Waals surface area (Å²) >= 11 is 1.42. The number of thiazole rings is 1. The molecule has 7 nitrogen and oxygen atoms in total. The lowest BCUT2D eigenvalue weighted by Crippen LogP contribution is -2.48. The van der Waals surface area contributed by atoms with Crippen molar-refractivity contribution in [3.8, 4) is 10.7 Å². The summed E-state index contributed by atoms with van der Waals surface area (Å²) in [5.74, 6) is -0.0196. The van der Waals surface area contributed by atoms with Gasteiger partial charge in [-0.3, -0.25) is 24.6 Å². The number of nitrogens with zero attached hydrogens (tertiary/aromatic N) is 6. The summed E-state index contributed by atoms with van der Waals surface area (Å²) < 4.78 is 0. The predicted octanol–water partition coefficient (Wildman–Crippen LogP) is 1.95. The largest absolute Gasteiger partial charge is 0.335 e. The first-order valence-corrected chi connectivity index (χ1v) is 9.31. The molecule has 0 atom stereocenters. The van der Waals surface area contributed by atoms with E-state index in [9.17, 15) is 4.79 Å². The average molecular weight is 366 g/mol. The number of piperazine rings is 1.